The van der Waals surface area contributed by atoms with E-state index in [0.29, 0.717) is 0 Å². The van der Waals surface area contributed by atoms with Gasteiger partial charge in [-0.1, -0.05) is 42.5 Å². The van der Waals surface area contributed by atoms with Gasteiger partial charge in [0.2, 0.25) is 11.8 Å². The predicted octanol–water partition coefficient (Wildman–Crippen LogP) is 2.41. The van der Waals surface area contributed by atoms with Crippen LogP contribution in [0.15, 0.2) is 59.5 Å². The molecule has 2 aromatic carbocycles. The fourth-order valence-electron chi connectivity index (χ4n) is 3.40. The number of primary amides is 1. The van der Waals surface area contributed by atoms with E-state index < -0.39 is 0 Å². The van der Waals surface area contributed by atoms with Crippen LogP contribution in [0, 0.1) is 0 Å². The third-order valence-corrected chi connectivity index (χ3v) is 6.03. The fraction of sp³-hybridized carbons (Fsp3) is 0.364. The minimum absolute atomic E-state index is 0.0964. The highest BCUT2D eigenvalue weighted by molar-refractivity contribution is 8.00. The first-order valence-electron chi connectivity index (χ1n) is 9.84. The van der Waals surface area contributed by atoms with E-state index in [-0.39, 0.29) is 23.6 Å². The molecule has 2 amide bonds. The molecular weight excluding hydrogens is 384 g/mol. The van der Waals surface area contributed by atoms with E-state index in [1.165, 1.54) is 17.3 Å². The molecule has 3 rings (SSSR count). The van der Waals surface area contributed by atoms with Gasteiger partial charge in [0.1, 0.15) is 6.04 Å². The Kier molecular flexibility index (Phi) is 7.55. The maximum Gasteiger partial charge on any atom is 0.244 e. The summed E-state index contributed by atoms with van der Waals surface area (Å²) < 4.78 is 0. The van der Waals surface area contributed by atoms with Crippen molar-refractivity contribution in [2.75, 3.05) is 37.2 Å². The van der Waals surface area contributed by atoms with Gasteiger partial charge in [0.25, 0.3) is 0 Å². The van der Waals surface area contributed by atoms with Gasteiger partial charge in [0, 0.05) is 43.3 Å². The number of para-hydroxylation sites is 1. The van der Waals surface area contributed by atoms with Crippen LogP contribution in [0.5, 0.6) is 0 Å². The third kappa shape index (κ3) is 6.24. The number of piperazine rings is 1. The Morgan fingerprint density at radius 3 is 2.38 bits per heavy atom. The number of rotatable bonds is 8. The lowest BCUT2D eigenvalue weighted by Gasteiger charge is -2.36. The minimum atomic E-state index is -0.359. The van der Waals surface area contributed by atoms with E-state index in [2.05, 4.69) is 34.5 Å². The molecule has 1 heterocycles. The second kappa shape index (κ2) is 10.3. The zero-order valence-corrected chi connectivity index (χ0v) is 17.5. The van der Waals surface area contributed by atoms with Gasteiger partial charge < -0.3 is 16.0 Å². The summed E-state index contributed by atoms with van der Waals surface area (Å²) in [4.78, 5) is 29.2. The number of carbonyl (C=O) groups is 2. The molecule has 1 fully saturated rings. The van der Waals surface area contributed by atoms with E-state index in [1.807, 2.05) is 42.2 Å². The molecule has 1 saturated heterocycles. The number of nitrogens with one attached hydrogen (secondary N) is 1. The molecule has 0 aliphatic carbocycles. The van der Waals surface area contributed by atoms with Crippen molar-refractivity contribution in [1.29, 1.82) is 0 Å². The number of amides is 2. The molecule has 0 bridgehead atoms. The number of nitrogens with two attached hydrogens (primary N) is 1. The molecule has 0 aromatic heterocycles. The Hall–Kier alpha value is -2.51. The van der Waals surface area contributed by atoms with Crippen molar-refractivity contribution in [3.63, 3.8) is 0 Å². The van der Waals surface area contributed by atoms with Crippen molar-refractivity contribution in [2.24, 2.45) is 5.73 Å². The number of carbonyl (C=O) groups excluding carboxylic acids is 2. The van der Waals surface area contributed by atoms with Crippen molar-refractivity contribution in [2.45, 2.75) is 24.4 Å². The molecule has 7 heteroatoms. The van der Waals surface area contributed by atoms with Crippen molar-refractivity contribution >= 4 is 29.3 Å². The molecule has 154 valence electrons. The minimum Gasteiger partial charge on any atom is -0.373 e. The van der Waals surface area contributed by atoms with Gasteiger partial charge in [0.15, 0.2) is 0 Å². The van der Waals surface area contributed by atoms with E-state index in [0.717, 1.165) is 43.3 Å². The summed E-state index contributed by atoms with van der Waals surface area (Å²) in [5.74, 6) is -0.0499. The van der Waals surface area contributed by atoms with Crippen LogP contribution >= 0.6 is 11.8 Å². The smallest absolute Gasteiger partial charge is 0.244 e. The molecule has 1 aliphatic rings. The number of benzene rings is 2. The molecule has 29 heavy (non-hydrogen) atoms. The summed E-state index contributed by atoms with van der Waals surface area (Å²) in [5, 5.41) is 3.30. The molecule has 1 aliphatic heterocycles. The highest BCUT2D eigenvalue weighted by Gasteiger charge is 2.25. The lowest BCUT2D eigenvalue weighted by Crippen LogP contribution is -2.51. The monoisotopic (exact) mass is 412 g/mol. The molecule has 1 atom stereocenters. The van der Waals surface area contributed by atoms with Gasteiger partial charge in [-0.2, -0.15) is 0 Å². The Bertz CT molecular complexity index is 823. The fourth-order valence-corrected chi connectivity index (χ4v) is 4.15. The van der Waals surface area contributed by atoms with Crippen molar-refractivity contribution < 1.29 is 9.59 Å². The molecule has 2 aromatic rings. The molecular formula is C22H28N4O2S. The van der Waals surface area contributed by atoms with Crippen LogP contribution in [-0.2, 0) is 16.1 Å². The van der Waals surface area contributed by atoms with Gasteiger partial charge >= 0.3 is 0 Å². The molecule has 0 saturated carbocycles. The van der Waals surface area contributed by atoms with Gasteiger partial charge in [-0.15, -0.1) is 11.8 Å². The van der Waals surface area contributed by atoms with Gasteiger partial charge in [-0.05, 0) is 24.6 Å². The molecule has 6 nitrogen and oxygen atoms in total. The van der Waals surface area contributed by atoms with Crippen molar-refractivity contribution in [1.82, 2.24) is 9.80 Å². The van der Waals surface area contributed by atoms with Crippen LogP contribution in [0.25, 0.3) is 0 Å². The Labute approximate surface area is 176 Å². The Balaban J connectivity index is 1.52. The maximum absolute atomic E-state index is 12.9. The first kappa shape index (κ1) is 21.2. The van der Waals surface area contributed by atoms with Crippen molar-refractivity contribution in [3.05, 3.63) is 60.2 Å². The van der Waals surface area contributed by atoms with Crippen LogP contribution in [0.4, 0.5) is 5.69 Å². The van der Waals surface area contributed by atoms with Crippen LogP contribution < -0.4 is 11.1 Å². The quantitative estimate of drug-likeness (QED) is 0.651. The summed E-state index contributed by atoms with van der Waals surface area (Å²) in [6.07, 6.45) is 0. The SMILES string of the molecule is C[C@@H](Nc1ccccc1SCC(N)=O)C(=O)N1CCN(Cc2ccccc2)CC1. The summed E-state index contributed by atoms with van der Waals surface area (Å²) in [7, 11) is 0. The number of thioether (sulfide) groups is 1. The van der Waals surface area contributed by atoms with Crippen LogP contribution in [0.3, 0.4) is 0 Å². The van der Waals surface area contributed by atoms with Gasteiger partial charge in [-0.25, -0.2) is 0 Å². The normalized spacial score (nSPS) is 15.7. The lowest BCUT2D eigenvalue weighted by molar-refractivity contribution is -0.133. The van der Waals surface area contributed by atoms with E-state index in [9.17, 15) is 9.59 Å². The third-order valence-electron chi connectivity index (χ3n) is 4.93. The van der Waals surface area contributed by atoms with Gasteiger partial charge in [0.05, 0.1) is 5.75 Å². The Morgan fingerprint density at radius 1 is 1.03 bits per heavy atom. The van der Waals surface area contributed by atoms with E-state index in [4.69, 9.17) is 5.73 Å². The number of hydrogen-bond donors (Lipinski definition) is 2. The summed E-state index contributed by atoms with van der Waals surface area (Å²) in [6.45, 7) is 6.01. The Morgan fingerprint density at radius 2 is 1.69 bits per heavy atom. The average molecular weight is 413 g/mol. The number of anilines is 1. The lowest BCUT2D eigenvalue weighted by atomic mass is 10.2. The number of nitrogens with zero attached hydrogens (tertiary/aromatic N) is 2. The summed E-state index contributed by atoms with van der Waals surface area (Å²) in [5.41, 5.74) is 7.40. The second-order valence-corrected chi connectivity index (χ2v) is 8.22. The first-order valence-corrected chi connectivity index (χ1v) is 10.8. The molecule has 0 radical (unpaired) electrons. The molecule has 3 N–H and O–H groups in total. The highest BCUT2D eigenvalue weighted by atomic mass is 32.2. The van der Waals surface area contributed by atoms with Crippen LogP contribution in [0.2, 0.25) is 0 Å². The van der Waals surface area contributed by atoms with Crippen molar-refractivity contribution in [3.8, 4) is 0 Å². The predicted molar refractivity (Wildman–Crippen MR) is 118 cm³/mol. The summed E-state index contributed by atoms with van der Waals surface area (Å²) in [6, 6.07) is 17.7. The zero-order valence-electron chi connectivity index (χ0n) is 16.7. The van der Waals surface area contributed by atoms with E-state index in [1.54, 1.807) is 0 Å². The number of hydrogen-bond acceptors (Lipinski definition) is 5. The average Bonchev–Trinajstić information content (AvgIpc) is 2.74. The topological polar surface area (TPSA) is 78.7 Å². The van der Waals surface area contributed by atoms with Gasteiger partial charge in [-0.3, -0.25) is 14.5 Å². The summed E-state index contributed by atoms with van der Waals surface area (Å²) >= 11 is 1.38. The molecule has 0 spiro atoms. The van der Waals surface area contributed by atoms with Crippen LogP contribution in [-0.4, -0.2) is 59.6 Å². The van der Waals surface area contributed by atoms with Crippen LogP contribution in [0.1, 0.15) is 12.5 Å². The maximum atomic E-state index is 12.9. The largest absolute Gasteiger partial charge is 0.373 e. The highest BCUT2D eigenvalue weighted by Crippen LogP contribution is 2.27. The first-order chi connectivity index (χ1) is 14.0. The zero-order chi connectivity index (χ0) is 20.6. The standard InChI is InChI=1S/C22H28N4O2S/c1-17(24-19-9-5-6-10-20(19)29-16-21(23)27)22(28)26-13-11-25(12-14-26)15-18-7-3-2-4-8-18/h2-10,17,24H,11-16H2,1H3,(H2,23,27)/t17-/m1/s1. The van der Waals surface area contributed by atoms with E-state index >= 15 is 0 Å². The molecule has 0 unspecified atom stereocenters. The second-order valence-electron chi connectivity index (χ2n) is 7.20.